The molecule has 0 saturated carbocycles. The van der Waals surface area contributed by atoms with Crippen molar-refractivity contribution in [2.45, 2.75) is 39.3 Å². The van der Waals surface area contributed by atoms with Crippen molar-refractivity contribution >= 4 is 6.09 Å². The Balaban J connectivity index is 2.06. The fraction of sp³-hybridized carbons (Fsp3) is 0.400. The summed E-state index contributed by atoms with van der Waals surface area (Å²) in [4.78, 5) is 15.8. The molecule has 7 heteroatoms. The number of aromatic nitrogens is 2. The van der Waals surface area contributed by atoms with Gasteiger partial charge in [0.25, 0.3) is 0 Å². The summed E-state index contributed by atoms with van der Waals surface area (Å²) in [6, 6.07) is 5.34. The van der Waals surface area contributed by atoms with Crippen LogP contribution in [0.1, 0.15) is 39.6 Å². The molecule has 1 aromatic carbocycles. The molecule has 0 saturated heterocycles. The first kappa shape index (κ1) is 15.9. The number of halogens is 1. The van der Waals surface area contributed by atoms with Crippen LogP contribution in [0.3, 0.4) is 0 Å². The predicted molar refractivity (Wildman–Crippen MR) is 77.5 cm³/mol. The highest BCUT2D eigenvalue weighted by molar-refractivity contribution is 5.68. The second kappa shape index (κ2) is 6.13. The van der Waals surface area contributed by atoms with Crippen LogP contribution in [0.2, 0.25) is 0 Å². The first-order chi connectivity index (χ1) is 10.2. The number of carbonyl (C=O) groups excluding carboxylic acids is 1. The average Bonchev–Trinajstić information content (AvgIpc) is 2.85. The van der Waals surface area contributed by atoms with Crippen LogP contribution in [-0.4, -0.2) is 21.8 Å². The summed E-state index contributed by atoms with van der Waals surface area (Å²) in [5.74, 6) is 0.0845. The molecular weight excluding hydrogens is 289 g/mol. The zero-order valence-corrected chi connectivity index (χ0v) is 12.9. The molecule has 1 aromatic heterocycles. The van der Waals surface area contributed by atoms with Gasteiger partial charge in [-0.1, -0.05) is 17.3 Å². The number of nitrogens with one attached hydrogen (secondary N) is 1. The van der Waals surface area contributed by atoms with Crippen molar-refractivity contribution in [1.82, 2.24) is 15.5 Å². The van der Waals surface area contributed by atoms with Crippen LogP contribution >= 0.6 is 0 Å². The Morgan fingerprint density at radius 1 is 1.41 bits per heavy atom. The quantitative estimate of drug-likeness (QED) is 0.939. The minimum Gasteiger partial charge on any atom is -0.444 e. The Hall–Kier alpha value is -2.44. The van der Waals surface area contributed by atoms with Crippen LogP contribution in [0.25, 0.3) is 11.4 Å². The molecule has 1 atom stereocenters. The molecule has 0 aliphatic carbocycles. The van der Waals surface area contributed by atoms with E-state index in [0.29, 0.717) is 5.56 Å². The summed E-state index contributed by atoms with van der Waals surface area (Å²) in [5, 5.41) is 6.38. The first-order valence-corrected chi connectivity index (χ1v) is 6.83. The molecule has 0 bridgehead atoms. The number of nitrogens with zero attached hydrogens (tertiary/aromatic N) is 2. The normalized spacial score (nSPS) is 12.8. The maximum Gasteiger partial charge on any atom is 0.408 e. The van der Waals surface area contributed by atoms with Gasteiger partial charge in [0.1, 0.15) is 17.5 Å². The number of carbonyl (C=O) groups is 1. The van der Waals surface area contributed by atoms with Gasteiger partial charge < -0.3 is 14.6 Å². The number of alkyl carbamates (subject to hydrolysis) is 1. The molecule has 2 rings (SSSR count). The van der Waals surface area contributed by atoms with E-state index in [9.17, 15) is 9.18 Å². The highest BCUT2D eigenvalue weighted by atomic mass is 19.1. The third kappa shape index (κ3) is 4.28. The number of hydrogen-bond donors (Lipinski definition) is 1. The lowest BCUT2D eigenvalue weighted by Gasteiger charge is -2.20. The van der Waals surface area contributed by atoms with E-state index >= 15 is 0 Å². The second-order valence-corrected chi connectivity index (χ2v) is 5.83. The Labute approximate surface area is 127 Å². The van der Waals surface area contributed by atoms with Crippen LogP contribution in [-0.2, 0) is 4.74 Å². The molecule has 0 spiro atoms. The van der Waals surface area contributed by atoms with Gasteiger partial charge in [-0.15, -0.1) is 0 Å². The van der Waals surface area contributed by atoms with Gasteiger partial charge in [0.2, 0.25) is 11.7 Å². The third-order valence-electron chi connectivity index (χ3n) is 2.63. The summed E-state index contributed by atoms with van der Waals surface area (Å²) >= 11 is 0. The summed E-state index contributed by atoms with van der Waals surface area (Å²) in [6.45, 7) is 7.00. The van der Waals surface area contributed by atoms with E-state index in [2.05, 4.69) is 15.5 Å². The SMILES string of the molecule is CC(NC(=O)OC(C)(C)C)c1nc(-c2cccc(F)c2)no1. The molecule has 0 radical (unpaired) electrons. The van der Waals surface area contributed by atoms with Crippen molar-refractivity contribution in [3.8, 4) is 11.4 Å². The van der Waals surface area contributed by atoms with Gasteiger partial charge >= 0.3 is 6.09 Å². The fourth-order valence-corrected chi connectivity index (χ4v) is 1.70. The van der Waals surface area contributed by atoms with E-state index < -0.39 is 17.7 Å². The molecule has 0 aliphatic heterocycles. The van der Waals surface area contributed by atoms with Gasteiger partial charge in [0.15, 0.2) is 0 Å². The molecule has 1 heterocycles. The number of amides is 1. The summed E-state index contributed by atoms with van der Waals surface area (Å²) < 4.78 is 23.4. The van der Waals surface area contributed by atoms with E-state index in [0.717, 1.165) is 0 Å². The number of rotatable bonds is 3. The Bertz CT molecular complexity index is 664. The zero-order valence-electron chi connectivity index (χ0n) is 12.9. The highest BCUT2D eigenvalue weighted by Crippen LogP contribution is 2.19. The largest absolute Gasteiger partial charge is 0.444 e. The monoisotopic (exact) mass is 307 g/mol. The zero-order chi connectivity index (χ0) is 16.3. The van der Waals surface area contributed by atoms with E-state index in [1.807, 2.05) is 0 Å². The Kier molecular flexibility index (Phi) is 4.44. The van der Waals surface area contributed by atoms with E-state index in [-0.39, 0.29) is 17.5 Å². The van der Waals surface area contributed by atoms with E-state index in [1.165, 1.54) is 12.1 Å². The fourth-order valence-electron chi connectivity index (χ4n) is 1.70. The molecule has 0 aliphatic rings. The Morgan fingerprint density at radius 2 is 2.14 bits per heavy atom. The van der Waals surface area contributed by atoms with Gasteiger partial charge in [-0.05, 0) is 39.8 Å². The molecule has 6 nitrogen and oxygen atoms in total. The first-order valence-electron chi connectivity index (χ1n) is 6.83. The molecule has 22 heavy (non-hydrogen) atoms. The number of ether oxygens (including phenoxy) is 1. The minimum absolute atomic E-state index is 0.213. The van der Waals surface area contributed by atoms with E-state index in [1.54, 1.807) is 39.8 Å². The molecule has 1 amide bonds. The number of hydrogen-bond acceptors (Lipinski definition) is 5. The number of benzene rings is 1. The predicted octanol–water partition coefficient (Wildman–Crippen LogP) is 3.46. The van der Waals surface area contributed by atoms with Gasteiger partial charge in [-0.2, -0.15) is 4.98 Å². The molecular formula is C15H18FN3O3. The highest BCUT2D eigenvalue weighted by Gasteiger charge is 2.21. The van der Waals surface area contributed by atoms with Gasteiger partial charge in [0, 0.05) is 5.56 Å². The maximum atomic E-state index is 13.2. The molecule has 1 unspecified atom stereocenters. The van der Waals surface area contributed by atoms with Crippen molar-refractivity contribution in [2.24, 2.45) is 0 Å². The van der Waals surface area contributed by atoms with Gasteiger partial charge in [-0.3, -0.25) is 0 Å². The van der Waals surface area contributed by atoms with Crippen LogP contribution < -0.4 is 5.32 Å². The summed E-state index contributed by atoms with van der Waals surface area (Å²) in [6.07, 6.45) is -0.578. The molecule has 1 N–H and O–H groups in total. The topological polar surface area (TPSA) is 77.2 Å². The van der Waals surface area contributed by atoms with Crippen LogP contribution in [0.5, 0.6) is 0 Å². The molecule has 118 valence electrons. The van der Waals surface area contributed by atoms with Crippen molar-refractivity contribution in [3.05, 3.63) is 36.0 Å². The van der Waals surface area contributed by atoms with E-state index in [4.69, 9.17) is 9.26 Å². The smallest absolute Gasteiger partial charge is 0.408 e. The van der Waals surface area contributed by atoms with Gasteiger partial charge in [0.05, 0.1) is 0 Å². The lowest BCUT2D eigenvalue weighted by atomic mass is 10.2. The molecule has 2 aromatic rings. The van der Waals surface area contributed by atoms with Crippen LogP contribution in [0.15, 0.2) is 28.8 Å². The van der Waals surface area contributed by atoms with Crippen molar-refractivity contribution in [2.75, 3.05) is 0 Å². The lowest BCUT2D eigenvalue weighted by Crippen LogP contribution is -2.34. The van der Waals surface area contributed by atoms with Crippen molar-refractivity contribution in [3.63, 3.8) is 0 Å². The standard InChI is InChI=1S/C15H18FN3O3/c1-9(17-14(20)21-15(2,3)4)13-18-12(19-22-13)10-6-5-7-11(16)8-10/h5-9H,1-4H3,(H,17,20). The van der Waals surface area contributed by atoms with Crippen LogP contribution in [0.4, 0.5) is 9.18 Å². The molecule has 0 fully saturated rings. The maximum absolute atomic E-state index is 13.2. The second-order valence-electron chi connectivity index (χ2n) is 5.83. The summed E-state index contributed by atoms with van der Waals surface area (Å²) in [7, 11) is 0. The summed E-state index contributed by atoms with van der Waals surface area (Å²) in [5.41, 5.74) is -0.0924. The van der Waals surface area contributed by atoms with Crippen molar-refractivity contribution < 1.29 is 18.4 Å². The minimum atomic E-state index is -0.592. The van der Waals surface area contributed by atoms with Crippen molar-refractivity contribution in [1.29, 1.82) is 0 Å². The lowest BCUT2D eigenvalue weighted by molar-refractivity contribution is 0.0499. The third-order valence-corrected chi connectivity index (χ3v) is 2.63. The van der Waals surface area contributed by atoms with Crippen LogP contribution in [0, 0.1) is 5.82 Å². The Morgan fingerprint density at radius 3 is 2.77 bits per heavy atom. The van der Waals surface area contributed by atoms with Gasteiger partial charge in [-0.25, -0.2) is 9.18 Å². The average molecular weight is 307 g/mol.